The summed E-state index contributed by atoms with van der Waals surface area (Å²) in [5.41, 5.74) is 8.42. The summed E-state index contributed by atoms with van der Waals surface area (Å²) in [5.74, 6) is -0.229. The van der Waals surface area contributed by atoms with E-state index in [4.69, 9.17) is 10.5 Å². The van der Waals surface area contributed by atoms with Crippen LogP contribution in [0.1, 0.15) is 53.1 Å². The number of rotatable bonds is 7. The van der Waals surface area contributed by atoms with Crippen LogP contribution in [-0.4, -0.2) is 42.5 Å². The SMILES string of the molecule is COC(=O)C(Cc1ccccc1)CN1C2CCC1CC(c1cccc(C(N)=O)c1)C2. The second-order valence-electron chi connectivity index (χ2n) is 8.65. The van der Waals surface area contributed by atoms with Crippen molar-refractivity contribution in [3.8, 4) is 0 Å². The number of fused-ring (bicyclic) bond motifs is 2. The molecule has 2 heterocycles. The van der Waals surface area contributed by atoms with Crippen molar-refractivity contribution in [3.05, 3.63) is 71.3 Å². The molecule has 2 aromatic rings. The number of nitrogens with zero attached hydrogens (tertiary/aromatic N) is 1. The van der Waals surface area contributed by atoms with Crippen LogP contribution in [0.15, 0.2) is 54.6 Å². The number of carbonyl (C=O) groups is 2. The highest BCUT2D eigenvalue weighted by Crippen LogP contribution is 2.43. The number of piperidine rings is 1. The Balaban J connectivity index is 1.47. The Morgan fingerprint density at radius 3 is 2.40 bits per heavy atom. The van der Waals surface area contributed by atoms with Crippen LogP contribution in [-0.2, 0) is 16.0 Å². The minimum atomic E-state index is -0.376. The predicted octanol–water partition coefficient (Wildman–Crippen LogP) is 3.53. The summed E-state index contributed by atoms with van der Waals surface area (Å²) in [6, 6.07) is 18.9. The van der Waals surface area contributed by atoms with Crippen LogP contribution < -0.4 is 5.73 Å². The monoisotopic (exact) mass is 406 g/mol. The van der Waals surface area contributed by atoms with Crippen molar-refractivity contribution < 1.29 is 14.3 Å². The first kappa shape index (κ1) is 20.6. The van der Waals surface area contributed by atoms with Crippen LogP contribution >= 0.6 is 0 Å². The minimum absolute atomic E-state index is 0.130. The lowest BCUT2D eigenvalue weighted by Gasteiger charge is -2.40. The number of methoxy groups -OCH3 is 1. The maximum atomic E-state index is 12.5. The van der Waals surface area contributed by atoms with E-state index in [9.17, 15) is 9.59 Å². The number of ether oxygens (including phenoxy) is 1. The van der Waals surface area contributed by atoms with Crippen LogP contribution in [0.25, 0.3) is 0 Å². The molecule has 2 aliphatic rings. The van der Waals surface area contributed by atoms with Gasteiger partial charge in [-0.1, -0.05) is 42.5 Å². The lowest BCUT2D eigenvalue weighted by atomic mass is 9.83. The number of hydrogen-bond donors (Lipinski definition) is 1. The highest BCUT2D eigenvalue weighted by molar-refractivity contribution is 5.92. The summed E-state index contributed by atoms with van der Waals surface area (Å²) in [7, 11) is 1.48. The van der Waals surface area contributed by atoms with Crippen LogP contribution in [0.4, 0.5) is 0 Å². The summed E-state index contributed by atoms with van der Waals surface area (Å²) in [5, 5.41) is 0. The molecule has 4 rings (SSSR count). The van der Waals surface area contributed by atoms with Crippen molar-refractivity contribution >= 4 is 11.9 Å². The molecule has 2 aromatic carbocycles. The maximum Gasteiger partial charge on any atom is 0.310 e. The molecule has 2 saturated heterocycles. The van der Waals surface area contributed by atoms with Crippen LogP contribution in [0.2, 0.25) is 0 Å². The Kier molecular flexibility index (Phi) is 6.18. The van der Waals surface area contributed by atoms with E-state index in [2.05, 4.69) is 23.1 Å². The van der Waals surface area contributed by atoms with Gasteiger partial charge in [0.1, 0.15) is 0 Å². The maximum absolute atomic E-state index is 12.5. The lowest BCUT2D eigenvalue weighted by molar-refractivity contribution is -0.146. The van der Waals surface area contributed by atoms with Gasteiger partial charge >= 0.3 is 5.97 Å². The van der Waals surface area contributed by atoms with E-state index in [0.717, 1.165) is 32.2 Å². The second kappa shape index (κ2) is 9.00. The zero-order valence-electron chi connectivity index (χ0n) is 17.5. The Bertz CT molecular complexity index is 884. The molecule has 2 fully saturated rings. The summed E-state index contributed by atoms with van der Waals surface area (Å²) in [6.07, 6.45) is 5.13. The van der Waals surface area contributed by atoms with Gasteiger partial charge in [0, 0.05) is 24.2 Å². The van der Waals surface area contributed by atoms with E-state index >= 15 is 0 Å². The van der Waals surface area contributed by atoms with Crippen molar-refractivity contribution in [3.63, 3.8) is 0 Å². The third-order valence-electron chi connectivity index (χ3n) is 6.82. The summed E-state index contributed by atoms with van der Waals surface area (Å²) in [6.45, 7) is 0.741. The molecular formula is C25H30N2O3. The molecule has 0 aliphatic carbocycles. The van der Waals surface area contributed by atoms with Gasteiger partial charge in [-0.05, 0) is 61.3 Å². The van der Waals surface area contributed by atoms with Gasteiger partial charge in [-0.25, -0.2) is 0 Å². The molecule has 0 spiro atoms. The molecule has 0 saturated carbocycles. The van der Waals surface area contributed by atoms with Gasteiger partial charge in [0.25, 0.3) is 0 Å². The number of benzene rings is 2. The molecule has 2 N–H and O–H groups in total. The number of nitrogens with two attached hydrogens (primary N) is 1. The van der Waals surface area contributed by atoms with Gasteiger partial charge < -0.3 is 10.5 Å². The Labute approximate surface area is 178 Å². The molecule has 3 unspecified atom stereocenters. The molecule has 5 nitrogen and oxygen atoms in total. The van der Waals surface area contributed by atoms with Crippen LogP contribution in [0.5, 0.6) is 0 Å². The average molecular weight is 407 g/mol. The first-order valence-electron chi connectivity index (χ1n) is 10.8. The largest absolute Gasteiger partial charge is 0.469 e. The van der Waals surface area contributed by atoms with Gasteiger partial charge in [-0.15, -0.1) is 0 Å². The number of primary amides is 1. The van der Waals surface area contributed by atoms with Gasteiger partial charge in [-0.3, -0.25) is 14.5 Å². The first-order valence-corrected chi connectivity index (χ1v) is 10.8. The van der Waals surface area contributed by atoms with Gasteiger partial charge in [-0.2, -0.15) is 0 Å². The Hall–Kier alpha value is -2.66. The van der Waals surface area contributed by atoms with Crippen molar-refractivity contribution in [1.29, 1.82) is 0 Å². The van der Waals surface area contributed by atoms with Crippen LogP contribution in [0, 0.1) is 5.92 Å². The Morgan fingerprint density at radius 2 is 1.77 bits per heavy atom. The van der Waals surface area contributed by atoms with Gasteiger partial charge in [0.15, 0.2) is 0 Å². The van der Waals surface area contributed by atoms with Crippen LogP contribution in [0.3, 0.4) is 0 Å². The molecule has 3 atom stereocenters. The van der Waals surface area contributed by atoms with Gasteiger partial charge in [0.05, 0.1) is 13.0 Å². The predicted molar refractivity (Wildman–Crippen MR) is 116 cm³/mol. The zero-order valence-corrected chi connectivity index (χ0v) is 17.5. The number of esters is 1. The fourth-order valence-electron chi connectivity index (χ4n) is 5.33. The number of hydrogen-bond acceptors (Lipinski definition) is 4. The molecular weight excluding hydrogens is 376 g/mol. The quantitative estimate of drug-likeness (QED) is 0.714. The third-order valence-corrected chi connectivity index (χ3v) is 6.82. The van der Waals surface area contributed by atoms with Crippen molar-refractivity contribution in [2.45, 2.75) is 50.1 Å². The highest BCUT2D eigenvalue weighted by Gasteiger charge is 2.42. The smallest absolute Gasteiger partial charge is 0.310 e. The molecule has 0 aromatic heterocycles. The average Bonchev–Trinajstić information content (AvgIpc) is 3.00. The van der Waals surface area contributed by atoms with E-state index in [1.54, 1.807) is 6.07 Å². The van der Waals surface area contributed by atoms with E-state index in [0.29, 0.717) is 30.0 Å². The first-order chi connectivity index (χ1) is 14.5. The van der Waals surface area contributed by atoms with Crippen molar-refractivity contribution in [1.82, 2.24) is 4.90 Å². The van der Waals surface area contributed by atoms with E-state index < -0.39 is 0 Å². The molecule has 2 bridgehead atoms. The zero-order chi connectivity index (χ0) is 21.1. The standard InChI is InChI=1S/C25H30N2O3/c1-30-25(29)21(12-17-6-3-2-4-7-17)16-27-22-10-11-23(27)15-20(14-22)18-8-5-9-19(13-18)24(26)28/h2-9,13,20-23H,10-12,14-16H2,1H3,(H2,26,28). The molecule has 1 amide bonds. The molecule has 5 heteroatoms. The summed E-state index contributed by atoms with van der Waals surface area (Å²) < 4.78 is 5.13. The van der Waals surface area contributed by atoms with Crippen molar-refractivity contribution in [2.24, 2.45) is 11.7 Å². The van der Waals surface area contributed by atoms with Crippen molar-refractivity contribution in [2.75, 3.05) is 13.7 Å². The normalized spacial score (nSPS) is 24.4. The summed E-state index contributed by atoms with van der Waals surface area (Å²) >= 11 is 0. The number of amides is 1. The topological polar surface area (TPSA) is 72.6 Å². The molecule has 2 aliphatic heterocycles. The second-order valence-corrected chi connectivity index (χ2v) is 8.65. The highest BCUT2D eigenvalue weighted by atomic mass is 16.5. The minimum Gasteiger partial charge on any atom is -0.469 e. The number of carbonyl (C=O) groups excluding carboxylic acids is 2. The molecule has 158 valence electrons. The third kappa shape index (κ3) is 4.41. The fourth-order valence-corrected chi connectivity index (χ4v) is 5.33. The molecule has 0 radical (unpaired) electrons. The molecule has 30 heavy (non-hydrogen) atoms. The summed E-state index contributed by atoms with van der Waals surface area (Å²) in [4.78, 5) is 26.6. The lowest BCUT2D eigenvalue weighted by Crippen LogP contribution is -2.46. The fraction of sp³-hybridized carbons (Fsp3) is 0.440. The Morgan fingerprint density at radius 1 is 1.07 bits per heavy atom. The van der Waals surface area contributed by atoms with Gasteiger partial charge in [0.2, 0.25) is 5.91 Å². The van der Waals surface area contributed by atoms with E-state index in [1.165, 1.54) is 18.2 Å². The van der Waals surface area contributed by atoms with E-state index in [1.807, 2.05) is 30.3 Å². The van der Waals surface area contributed by atoms with E-state index in [-0.39, 0.29) is 17.8 Å².